The van der Waals surface area contributed by atoms with Gasteiger partial charge in [0.2, 0.25) is 17.7 Å². The summed E-state index contributed by atoms with van der Waals surface area (Å²) in [6, 6.07) is 5.19. The van der Waals surface area contributed by atoms with E-state index < -0.39 is 11.5 Å². The Bertz CT molecular complexity index is 995. The highest BCUT2D eigenvalue weighted by Crippen LogP contribution is 2.32. The fourth-order valence-electron chi connectivity index (χ4n) is 3.77. The molecule has 32 heavy (non-hydrogen) atoms. The third-order valence-corrected chi connectivity index (χ3v) is 7.68. The summed E-state index contributed by atoms with van der Waals surface area (Å²) in [6.45, 7) is 11.6. The molecule has 0 aliphatic carbocycles. The molecule has 0 radical (unpaired) electrons. The van der Waals surface area contributed by atoms with Gasteiger partial charge in [0.25, 0.3) is 0 Å². The number of hydrogen-bond acceptors (Lipinski definition) is 6. The Morgan fingerprint density at radius 1 is 1.25 bits per heavy atom. The molecular formula is C23H32N4O3S2. The van der Waals surface area contributed by atoms with Crippen molar-refractivity contribution < 1.29 is 14.4 Å². The maximum absolute atomic E-state index is 12.9. The van der Waals surface area contributed by atoms with Crippen LogP contribution in [0.2, 0.25) is 0 Å². The van der Waals surface area contributed by atoms with E-state index in [1.165, 1.54) is 23.1 Å². The minimum absolute atomic E-state index is 0.00832. The summed E-state index contributed by atoms with van der Waals surface area (Å²) in [5, 5.41) is 2.98. The highest BCUT2D eigenvalue weighted by Gasteiger charge is 2.38. The summed E-state index contributed by atoms with van der Waals surface area (Å²) in [7, 11) is 0. The van der Waals surface area contributed by atoms with E-state index >= 15 is 0 Å². The number of rotatable bonds is 7. The first-order valence-electron chi connectivity index (χ1n) is 11.1. The lowest BCUT2D eigenvalue weighted by atomic mass is 9.94. The number of nitrogens with one attached hydrogen (secondary N) is 1. The summed E-state index contributed by atoms with van der Waals surface area (Å²) >= 11 is 2.96. The van der Waals surface area contributed by atoms with Crippen LogP contribution in [0.5, 0.6) is 0 Å². The highest BCUT2D eigenvalue weighted by atomic mass is 32.2. The van der Waals surface area contributed by atoms with Crippen molar-refractivity contribution in [3.05, 3.63) is 18.2 Å². The van der Waals surface area contributed by atoms with Crippen LogP contribution in [0.1, 0.15) is 47.5 Å². The molecule has 1 aliphatic rings. The van der Waals surface area contributed by atoms with E-state index in [1.54, 1.807) is 4.90 Å². The van der Waals surface area contributed by atoms with Crippen LogP contribution in [0.4, 0.5) is 5.69 Å². The fraction of sp³-hybridized carbons (Fsp3) is 0.565. The lowest BCUT2D eigenvalue weighted by molar-refractivity contribution is -0.143. The van der Waals surface area contributed by atoms with Gasteiger partial charge in [0.15, 0.2) is 4.34 Å². The maximum atomic E-state index is 12.9. The Morgan fingerprint density at radius 3 is 2.62 bits per heavy atom. The van der Waals surface area contributed by atoms with Gasteiger partial charge in [0, 0.05) is 30.7 Å². The Hall–Kier alpha value is -2.13. The van der Waals surface area contributed by atoms with Crippen LogP contribution >= 0.6 is 23.1 Å². The van der Waals surface area contributed by atoms with Crippen molar-refractivity contribution in [1.29, 1.82) is 0 Å². The van der Waals surface area contributed by atoms with Gasteiger partial charge < -0.3 is 15.1 Å². The lowest BCUT2D eigenvalue weighted by Gasteiger charge is -2.30. The van der Waals surface area contributed by atoms with Crippen LogP contribution in [0.15, 0.2) is 22.5 Å². The van der Waals surface area contributed by atoms with Crippen molar-refractivity contribution in [3.63, 3.8) is 0 Å². The summed E-state index contributed by atoms with van der Waals surface area (Å²) in [4.78, 5) is 46.0. The van der Waals surface area contributed by atoms with Crippen molar-refractivity contribution >= 4 is 56.7 Å². The van der Waals surface area contributed by atoms with Crippen molar-refractivity contribution in [2.45, 2.75) is 57.8 Å². The summed E-state index contributed by atoms with van der Waals surface area (Å²) in [6.07, 6.45) is 1.51. The van der Waals surface area contributed by atoms with Gasteiger partial charge in [-0.3, -0.25) is 14.4 Å². The van der Waals surface area contributed by atoms with Gasteiger partial charge in [-0.1, -0.05) is 32.5 Å². The fourth-order valence-corrected chi connectivity index (χ4v) is 5.78. The van der Waals surface area contributed by atoms with Gasteiger partial charge >= 0.3 is 0 Å². The first kappa shape index (κ1) is 24.5. The van der Waals surface area contributed by atoms with Crippen LogP contribution in [-0.2, 0) is 14.4 Å². The minimum Gasteiger partial charge on any atom is -0.343 e. The number of hydrogen-bond donors (Lipinski definition) is 1. The van der Waals surface area contributed by atoms with E-state index in [0.717, 1.165) is 21.0 Å². The molecule has 7 nitrogen and oxygen atoms in total. The molecule has 1 aromatic carbocycles. The van der Waals surface area contributed by atoms with Crippen molar-refractivity contribution in [2.24, 2.45) is 5.41 Å². The van der Waals surface area contributed by atoms with Gasteiger partial charge in [-0.05, 0) is 44.9 Å². The van der Waals surface area contributed by atoms with Crippen molar-refractivity contribution in [1.82, 2.24) is 14.8 Å². The molecule has 0 saturated carbocycles. The van der Waals surface area contributed by atoms with Crippen LogP contribution < -0.4 is 5.32 Å². The number of thioether (sulfide) groups is 1. The number of benzene rings is 1. The number of carbonyl (C=O) groups excluding carboxylic acids is 3. The second kappa shape index (κ2) is 10.2. The normalized spacial score (nSPS) is 16.4. The number of fused-ring (bicyclic) bond motifs is 1. The number of carbonyl (C=O) groups is 3. The SMILES string of the molecule is CCN(CC)C(=O)CSc1nc2ccc(NC(=O)C3CCCN3C(=O)C(C)(C)C)cc2s1. The van der Waals surface area contributed by atoms with Gasteiger partial charge in [0.05, 0.1) is 16.0 Å². The molecule has 1 unspecified atom stereocenters. The second-order valence-corrected chi connectivity index (χ2v) is 11.2. The second-order valence-electron chi connectivity index (χ2n) is 8.91. The van der Waals surface area contributed by atoms with E-state index in [-0.39, 0.29) is 17.7 Å². The van der Waals surface area contributed by atoms with Crippen molar-refractivity contribution in [3.8, 4) is 0 Å². The minimum atomic E-state index is -0.509. The summed E-state index contributed by atoms with van der Waals surface area (Å²) in [5.74, 6) is 0.334. The Labute approximate surface area is 197 Å². The van der Waals surface area contributed by atoms with E-state index in [4.69, 9.17) is 0 Å². The third-order valence-electron chi connectivity index (χ3n) is 5.53. The molecule has 0 spiro atoms. The molecule has 2 heterocycles. The highest BCUT2D eigenvalue weighted by molar-refractivity contribution is 8.01. The molecule has 1 N–H and O–H groups in total. The summed E-state index contributed by atoms with van der Waals surface area (Å²) in [5.41, 5.74) is 1.03. The Kier molecular flexibility index (Phi) is 7.82. The number of likely N-dealkylation sites (tertiary alicyclic amines) is 1. The topological polar surface area (TPSA) is 82.6 Å². The standard InChI is InChI=1S/C23H32N4O3S2/c1-6-26(7-2)19(28)14-31-22-25-16-11-10-15(13-18(16)32-22)24-20(29)17-9-8-12-27(17)21(30)23(3,4)5/h10-11,13,17H,6-9,12,14H2,1-5H3,(H,24,29). The van der Waals surface area contributed by atoms with Crippen molar-refractivity contribution in [2.75, 3.05) is 30.7 Å². The lowest BCUT2D eigenvalue weighted by Crippen LogP contribution is -2.47. The quantitative estimate of drug-likeness (QED) is 0.605. The molecule has 9 heteroatoms. The largest absolute Gasteiger partial charge is 0.343 e. The van der Waals surface area contributed by atoms with E-state index in [9.17, 15) is 14.4 Å². The van der Waals surface area contributed by atoms with Gasteiger partial charge in [-0.15, -0.1) is 11.3 Å². The number of thiazole rings is 1. The van der Waals surface area contributed by atoms with E-state index in [1.807, 2.05) is 57.7 Å². The van der Waals surface area contributed by atoms with Gasteiger partial charge in [-0.2, -0.15) is 0 Å². The van der Waals surface area contributed by atoms with Crippen LogP contribution in [0, 0.1) is 5.41 Å². The molecule has 174 valence electrons. The number of anilines is 1. The van der Waals surface area contributed by atoms with Gasteiger partial charge in [0.1, 0.15) is 6.04 Å². The van der Waals surface area contributed by atoms with E-state index in [2.05, 4.69) is 10.3 Å². The predicted molar refractivity (Wildman–Crippen MR) is 131 cm³/mol. The molecular weight excluding hydrogens is 444 g/mol. The zero-order valence-electron chi connectivity index (χ0n) is 19.4. The molecule has 1 aliphatic heterocycles. The van der Waals surface area contributed by atoms with Crippen LogP contribution in [0.3, 0.4) is 0 Å². The molecule has 1 saturated heterocycles. The zero-order chi connectivity index (χ0) is 23.5. The van der Waals surface area contributed by atoms with Crippen LogP contribution in [-0.4, -0.2) is 63.9 Å². The first-order chi connectivity index (χ1) is 15.1. The Balaban J connectivity index is 1.66. The summed E-state index contributed by atoms with van der Waals surface area (Å²) < 4.78 is 1.79. The monoisotopic (exact) mass is 476 g/mol. The number of nitrogens with zero attached hydrogens (tertiary/aromatic N) is 3. The number of aromatic nitrogens is 1. The first-order valence-corrected chi connectivity index (χ1v) is 12.9. The molecule has 1 fully saturated rings. The average molecular weight is 477 g/mol. The smallest absolute Gasteiger partial charge is 0.247 e. The van der Waals surface area contributed by atoms with Gasteiger partial charge in [-0.25, -0.2) is 4.98 Å². The third kappa shape index (κ3) is 5.61. The predicted octanol–water partition coefficient (Wildman–Crippen LogP) is 4.23. The van der Waals surface area contributed by atoms with E-state index in [0.29, 0.717) is 37.5 Å². The molecule has 1 atom stereocenters. The average Bonchev–Trinajstić information content (AvgIpc) is 3.38. The maximum Gasteiger partial charge on any atom is 0.247 e. The molecule has 0 bridgehead atoms. The molecule has 2 aromatic rings. The molecule has 3 rings (SSSR count). The molecule has 3 amide bonds. The van der Waals surface area contributed by atoms with Crippen LogP contribution in [0.25, 0.3) is 10.2 Å². The molecule has 1 aromatic heterocycles. The Morgan fingerprint density at radius 2 is 1.97 bits per heavy atom. The zero-order valence-corrected chi connectivity index (χ0v) is 21.1. The number of amides is 3.